The first-order valence-corrected chi connectivity index (χ1v) is 5.97. The third-order valence-corrected chi connectivity index (χ3v) is 2.56. The van der Waals surface area contributed by atoms with Gasteiger partial charge in [-0.1, -0.05) is 23.7 Å². The summed E-state index contributed by atoms with van der Waals surface area (Å²) in [6.07, 6.45) is 0.877. The predicted molar refractivity (Wildman–Crippen MR) is 65.7 cm³/mol. The molecule has 18 heavy (non-hydrogen) atoms. The van der Waals surface area contributed by atoms with E-state index in [9.17, 15) is 0 Å². The van der Waals surface area contributed by atoms with Gasteiger partial charge in [0.25, 0.3) is 0 Å². The molecular weight excluding hydrogens is 256 g/mol. The van der Waals surface area contributed by atoms with Crippen LogP contribution in [0.3, 0.4) is 0 Å². The molecule has 0 radical (unpaired) electrons. The van der Waals surface area contributed by atoms with Crippen LogP contribution in [0.5, 0.6) is 5.75 Å². The fourth-order valence-electron chi connectivity index (χ4n) is 1.40. The molecule has 0 aliphatic rings. The molecule has 5 nitrogen and oxygen atoms in total. The first-order chi connectivity index (χ1) is 8.79. The van der Waals surface area contributed by atoms with Crippen LogP contribution in [-0.4, -0.2) is 28.5 Å². The minimum atomic E-state index is -0.00223. The van der Waals surface area contributed by atoms with E-state index in [4.69, 9.17) is 25.9 Å². The first-order valence-electron chi connectivity index (χ1n) is 5.59. The second-order valence-corrected chi connectivity index (χ2v) is 4.00. The van der Waals surface area contributed by atoms with E-state index in [1.807, 2.05) is 12.1 Å². The minimum absolute atomic E-state index is 0.00223. The Bertz CT molecular complexity index is 502. The zero-order chi connectivity index (χ0) is 12.8. The highest BCUT2D eigenvalue weighted by atomic mass is 35.5. The van der Waals surface area contributed by atoms with Crippen molar-refractivity contribution in [2.75, 3.05) is 13.2 Å². The number of benzene rings is 1. The van der Waals surface area contributed by atoms with Gasteiger partial charge in [-0.25, -0.2) is 0 Å². The number of nitrogens with zero attached hydrogens (tertiary/aromatic N) is 2. The van der Waals surface area contributed by atoms with Crippen molar-refractivity contribution in [1.29, 1.82) is 0 Å². The molecule has 1 aromatic carbocycles. The molecule has 0 spiro atoms. The average Bonchev–Trinajstić information content (AvgIpc) is 2.80. The van der Waals surface area contributed by atoms with Crippen LogP contribution >= 0.6 is 11.6 Å². The van der Waals surface area contributed by atoms with E-state index in [0.717, 1.165) is 0 Å². The highest BCUT2D eigenvalue weighted by molar-refractivity contribution is 6.32. The minimum Gasteiger partial charge on any atom is -0.491 e. The number of aliphatic hydroxyl groups excluding tert-OH is 1. The number of ether oxygens (including phenoxy) is 1. The maximum absolute atomic E-state index is 8.72. The van der Waals surface area contributed by atoms with E-state index in [-0.39, 0.29) is 6.61 Å². The fraction of sp³-hybridized carbons (Fsp3) is 0.333. The Morgan fingerprint density at radius 1 is 1.17 bits per heavy atom. The Hall–Kier alpha value is -1.59. The van der Waals surface area contributed by atoms with E-state index in [0.29, 0.717) is 42.0 Å². The van der Waals surface area contributed by atoms with Crippen molar-refractivity contribution in [3.63, 3.8) is 0 Å². The zero-order valence-corrected chi connectivity index (χ0v) is 10.4. The Balaban J connectivity index is 1.83. The van der Waals surface area contributed by atoms with Crippen molar-refractivity contribution in [2.24, 2.45) is 0 Å². The van der Waals surface area contributed by atoms with Gasteiger partial charge in [0.15, 0.2) is 0 Å². The van der Waals surface area contributed by atoms with Crippen LogP contribution in [0.4, 0.5) is 0 Å². The number of halogens is 1. The Kier molecular flexibility index (Phi) is 4.55. The number of hydrogen-bond acceptors (Lipinski definition) is 5. The maximum atomic E-state index is 8.72. The lowest BCUT2D eigenvalue weighted by Gasteiger charge is -2.05. The van der Waals surface area contributed by atoms with Crippen molar-refractivity contribution in [2.45, 2.75) is 12.8 Å². The summed E-state index contributed by atoms with van der Waals surface area (Å²) in [4.78, 5) is 0. The third kappa shape index (κ3) is 3.45. The van der Waals surface area contributed by atoms with Crippen LogP contribution in [0, 0.1) is 0 Å². The molecule has 0 aliphatic heterocycles. The standard InChI is InChI=1S/C12H13ClN2O3/c13-9-3-1-2-4-10(9)17-8-6-12-15-14-11(18-12)5-7-16/h1-4,16H,5-8H2. The van der Waals surface area contributed by atoms with Crippen molar-refractivity contribution in [1.82, 2.24) is 10.2 Å². The molecule has 6 heteroatoms. The van der Waals surface area contributed by atoms with Crippen molar-refractivity contribution >= 4 is 11.6 Å². The van der Waals surface area contributed by atoms with E-state index < -0.39 is 0 Å². The Labute approximate surface area is 109 Å². The van der Waals surface area contributed by atoms with E-state index >= 15 is 0 Å². The van der Waals surface area contributed by atoms with E-state index in [1.165, 1.54) is 0 Å². The first kappa shape index (κ1) is 12.9. The molecule has 0 saturated heterocycles. The second-order valence-electron chi connectivity index (χ2n) is 3.59. The molecule has 0 atom stereocenters. The van der Waals surface area contributed by atoms with Crippen LogP contribution in [0.25, 0.3) is 0 Å². The van der Waals surface area contributed by atoms with Crippen molar-refractivity contribution in [3.05, 3.63) is 41.1 Å². The summed E-state index contributed by atoms with van der Waals surface area (Å²) in [7, 11) is 0. The topological polar surface area (TPSA) is 68.4 Å². The molecule has 0 fully saturated rings. The van der Waals surface area contributed by atoms with E-state index in [2.05, 4.69) is 10.2 Å². The second kappa shape index (κ2) is 6.37. The van der Waals surface area contributed by atoms with Gasteiger partial charge in [-0.05, 0) is 12.1 Å². The largest absolute Gasteiger partial charge is 0.491 e. The van der Waals surface area contributed by atoms with Gasteiger partial charge in [-0.15, -0.1) is 10.2 Å². The molecule has 1 aromatic heterocycles. The lowest BCUT2D eigenvalue weighted by molar-refractivity contribution is 0.278. The highest BCUT2D eigenvalue weighted by Crippen LogP contribution is 2.23. The number of hydrogen-bond donors (Lipinski definition) is 1. The van der Waals surface area contributed by atoms with Crippen molar-refractivity contribution < 1.29 is 14.3 Å². The van der Waals surface area contributed by atoms with Gasteiger partial charge in [-0.3, -0.25) is 0 Å². The van der Waals surface area contributed by atoms with Gasteiger partial charge in [0.1, 0.15) is 5.75 Å². The summed E-state index contributed by atoms with van der Waals surface area (Å²) >= 11 is 5.95. The molecule has 0 unspecified atom stereocenters. The van der Waals surface area contributed by atoms with Crippen LogP contribution in [-0.2, 0) is 12.8 Å². The van der Waals surface area contributed by atoms with Gasteiger partial charge in [0, 0.05) is 6.42 Å². The summed E-state index contributed by atoms with van der Waals surface area (Å²) in [5.41, 5.74) is 0. The molecule has 0 saturated carbocycles. The van der Waals surface area contributed by atoms with Crippen LogP contribution in [0.15, 0.2) is 28.7 Å². The van der Waals surface area contributed by atoms with Crippen molar-refractivity contribution in [3.8, 4) is 5.75 Å². The summed E-state index contributed by atoms with van der Waals surface area (Å²) in [5.74, 6) is 1.56. The molecule has 96 valence electrons. The summed E-state index contributed by atoms with van der Waals surface area (Å²) in [6, 6.07) is 7.26. The zero-order valence-electron chi connectivity index (χ0n) is 9.67. The number of aromatic nitrogens is 2. The fourth-order valence-corrected chi connectivity index (χ4v) is 1.59. The third-order valence-electron chi connectivity index (χ3n) is 2.24. The number of aliphatic hydroxyl groups is 1. The van der Waals surface area contributed by atoms with Gasteiger partial charge >= 0.3 is 0 Å². The Morgan fingerprint density at radius 3 is 2.61 bits per heavy atom. The average molecular weight is 269 g/mol. The SMILES string of the molecule is OCCc1nnc(CCOc2ccccc2Cl)o1. The van der Waals surface area contributed by atoms with Crippen LogP contribution in [0.2, 0.25) is 5.02 Å². The molecule has 1 N–H and O–H groups in total. The van der Waals surface area contributed by atoms with Gasteiger partial charge in [0.05, 0.1) is 24.7 Å². The summed E-state index contributed by atoms with van der Waals surface area (Å²) < 4.78 is 10.8. The lowest BCUT2D eigenvalue weighted by Crippen LogP contribution is -2.01. The molecule has 1 heterocycles. The van der Waals surface area contributed by atoms with Crippen LogP contribution in [0.1, 0.15) is 11.8 Å². The number of rotatable bonds is 6. The lowest BCUT2D eigenvalue weighted by atomic mass is 10.3. The molecule has 0 aliphatic carbocycles. The smallest absolute Gasteiger partial charge is 0.219 e. The predicted octanol–water partition coefficient (Wildman–Crippen LogP) is 1.88. The normalized spacial score (nSPS) is 10.6. The maximum Gasteiger partial charge on any atom is 0.219 e. The van der Waals surface area contributed by atoms with Crippen LogP contribution < -0.4 is 4.74 Å². The van der Waals surface area contributed by atoms with Gasteiger partial charge in [-0.2, -0.15) is 0 Å². The molecule has 2 aromatic rings. The summed E-state index contributed by atoms with van der Waals surface area (Å²) in [5, 5.41) is 16.9. The molecule has 2 rings (SSSR count). The molecule has 0 amide bonds. The quantitative estimate of drug-likeness (QED) is 0.866. The van der Waals surface area contributed by atoms with Gasteiger partial charge in [0.2, 0.25) is 11.8 Å². The van der Waals surface area contributed by atoms with Gasteiger partial charge < -0.3 is 14.3 Å². The summed E-state index contributed by atoms with van der Waals surface area (Å²) in [6.45, 7) is 0.405. The monoisotopic (exact) mass is 268 g/mol. The molecule has 0 bridgehead atoms. The van der Waals surface area contributed by atoms with E-state index in [1.54, 1.807) is 12.1 Å². The Morgan fingerprint density at radius 2 is 1.89 bits per heavy atom. The molecular formula is C12H13ClN2O3. The number of para-hydroxylation sites is 1. The highest BCUT2D eigenvalue weighted by Gasteiger charge is 2.06.